The molecule has 0 aromatic heterocycles. The van der Waals surface area contributed by atoms with Gasteiger partial charge in [-0.25, -0.2) is 0 Å². The van der Waals surface area contributed by atoms with Crippen molar-refractivity contribution in [2.75, 3.05) is 33.1 Å². The number of rotatable bonds is 4. The number of phenolic OH excluding ortho intramolecular Hbond substituents is 1. The van der Waals surface area contributed by atoms with E-state index in [1.165, 1.54) is 25.1 Å². The first-order valence-electron chi connectivity index (χ1n) is 11.1. The SMILES string of the molecule is CN(C)c1cc(C=O)c(O)c2c1C[C@H]1C[C@H]3[C@H](N(C)C)C(=O)C(C(N)=O)C(=O)[C@@]3(O)C(=O)C1C2=O. The van der Waals surface area contributed by atoms with Crippen LogP contribution in [0.25, 0.3) is 0 Å². The van der Waals surface area contributed by atoms with E-state index in [1.54, 1.807) is 19.0 Å². The van der Waals surface area contributed by atoms with E-state index < -0.39 is 70.1 Å². The van der Waals surface area contributed by atoms with Crippen LogP contribution in [0.1, 0.15) is 32.7 Å². The summed E-state index contributed by atoms with van der Waals surface area (Å²) in [7, 11) is 6.45. The molecule has 0 aliphatic heterocycles. The summed E-state index contributed by atoms with van der Waals surface area (Å²) in [5.41, 5.74) is 3.12. The molecule has 4 N–H and O–H groups in total. The van der Waals surface area contributed by atoms with Gasteiger partial charge in [0, 0.05) is 25.7 Å². The summed E-state index contributed by atoms with van der Waals surface area (Å²) in [5.74, 6) is -11.3. The third-order valence-electron chi connectivity index (χ3n) is 7.68. The minimum atomic E-state index is -2.78. The summed E-state index contributed by atoms with van der Waals surface area (Å²) in [4.78, 5) is 80.3. The lowest BCUT2D eigenvalue weighted by Crippen LogP contribution is -2.74. The van der Waals surface area contributed by atoms with Gasteiger partial charge in [-0.1, -0.05) is 0 Å². The molecule has 0 spiro atoms. The van der Waals surface area contributed by atoms with Crippen molar-refractivity contribution in [1.29, 1.82) is 0 Å². The first-order chi connectivity index (χ1) is 16.3. The standard InChI is InChI=1S/C24H27N3O8/c1-26(2)13-7-10(8-28)18(29)15-11(13)5-9-6-12-17(27(3)4)20(31)16(23(25)34)22(33)24(12,35)21(32)14(9)19(15)30/h7-9,12,14,16-17,29,35H,5-6H2,1-4H3,(H2,25,34)/t9-,12-,14?,16?,17-,24-/m0/s1. The highest BCUT2D eigenvalue weighted by atomic mass is 16.3. The number of Topliss-reactive ketones (excluding diaryl/α,β-unsaturated/α-hetero) is 4. The van der Waals surface area contributed by atoms with E-state index in [2.05, 4.69) is 0 Å². The molecule has 2 saturated carbocycles. The molecule has 1 aromatic carbocycles. The van der Waals surface area contributed by atoms with Gasteiger partial charge in [-0.3, -0.25) is 33.7 Å². The fourth-order valence-corrected chi connectivity index (χ4v) is 6.16. The molecule has 11 heteroatoms. The number of aromatic hydroxyl groups is 1. The average Bonchev–Trinajstić information content (AvgIpc) is 2.75. The molecule has 3 aliphatic carbocycles. The Labute approximate surface area is 200 Å². The summed E-state index contributed by atoms with van der Waals surface area (Å²) < 4.78 is 0. The molecule has 0 heterocycles. The van der Waals surface area contributed by atoms with Crippen LogP contribution in [-0.2, 0) is 25.6 Å². The van der Waals surface area contributed by atoms with E-state index in [0.717, 1.165) is 0 Å². The van der Waals surface area contributed by atoms with Crippen molar-refractivity contribution in [3.05, 3.63) is 22.8 Å². The molecule has 186 valence electrons. The second kappa shape index (κ2) is 8.06. The number of aliphatic hydroxyl groups is 1. The number of aldehydes is 1. The van der Waals surface area contributed by atoms with Gasteiger partial charge in [0.1, 0.15) is 5.75 Å². The number of ketones is 4. The van der Waals surface area contributed by atoms with Gasteiger partial charge in [0.2, 0.25) is 5.91 Å². The molecular formula is C24H27N3O8. The Balaban J connectivity index is 1.92. The molecular weight excluding hydrogens is 458 g/mol. The average molecular weight is 485 g/mol. The molecule has 0 saturated heterocycles. The molecule has 2 fully saturated rings. The van der Waals surface area contributed by atoms with Crippen LogP contribution in [0.2, 0.25) is 0 Å². The zero-order valence-electron chi connectivity index (χ0n) is 19.8. The van der Waals surface area contributed by atoms with Gasteiger partial charge in [-0.2, -0.15) is 0 Å². The predicted octanol–water partition coefficient (Wildman–Crippen LogP) is -1.25. The number of primary amides is 1. The van der Waals surface area contributed by atoms with Gasteiger partial charge in [-0.15, -0.1) is 0 Å². The Bertz CT molecular complexity index is 1210. The number of nitrogens with two attached hydrogens (primary N) is 1. The number of fused-ring (bicyclic) bond motifs is 3. The monoisotopic (exact) mass is 485 g/mol. The molecule has 0 radical (unpaired) electrons. The lowest BCUT2D eigenvalue weighted by Gasteiger charge is -2.52. The fourth-order valence-electron chi connectivity index (χ4n) is 6.16. The third-order valence-corrected chi connectivity index (χ3v) is 7.68. The first kappa shape index (κ1) is 24.7. The van der Waals surface area contributed by atoms with E-state index in [0.29, 0.717) is 17.5 Å². The molecule has 35 heavy (non-hydrogen) atoms. The van der Waals surface area contributed by atoms with Crippen molar-refractivity contribution >= 4 is 41.0 Å². The summed E-state index contributed by atoms with van der Waals surface area (Å²) in [6.45, 7) is 0. The normalized spacial score (nSPS) is 32.1. The predicted molar refractivity (Wildman–Crippen MR) is 121 cm³/mol. The topological polar surface area (TPSA) is 175 Å². The quantitative estimate of drug-likeness (QED) is 0.345. The van der Waals surface area contributed by atoms with E-state index in [9.17, 15) is 39.0 Å². The third kappa shape index (κ3) is 3.18. The van der Waals surface area contributed by atoms with E-state index in [-0.39, 0.29) is 24.0 Å². The number of hydrogen-bond donors (Lipinski definition) is 3. The van der Waals surface area contributed by atoms with Crippen LogP contribution in [0.15, 0.2) is 6.07 Å². The summed E-state index contributed by atoms with van der Waals surface area (Å²) in [5, 5.41) is 22.2. The van der Waals surface area contributed by atoms with Crippen molar-refractivity contribution in [3.8, 4) is 5.75 Å². The van der Waals surface area contributed by atoms with Gasteiger partial charge >= 0.3 is 0 Å². The molecule has 3 aliphatic rings. The lowest BCUT2D eigenvalue weighted by atomic mass is 9.52. The number of carbonyl (C=O) groups is 6. The molecule has 1 amide bonds. The Hall–Kier alpha value is -3.44. The van der Waals surface area contributed by atoms with Crippen LogP contribution in [0.4, 0.5) is 5.69 Å². The van der Waals surface area contributed by atoms with E-state index in [1.807, 2.05) is 0 Å². The first-order valence-corrected chi connectivity index (χ1v) is 11.1. The number of likely N-dealkylation sites (N-methyl/N-ethyl adjacent to an activating group) is 1. The van der Waals surface area contributed by atoms with Crippen LogP contribution in [0, 0.1) is 23.7 Å². The molecule has 2 unspecified atom stereocenters. The number of nitrogens with zero attached hydrogens (tertiary/aromatic N) is 2. The fraction of sp³-hybridized carbons (Fsp3) is 0.500. The number of hydrogen-bond acceptors (Lipinski definition) is 10. The van der Waals surface area contributed by atoms with Crippen LogP contribution >= 0.6 is 0 Å². The number of carbonyl (C=O) groups excluding carboxylic acids is 6. The maximum Gasteiger partial charge on any atom is 0.235 e. The summed E-state index contributed by atoms with van der Waals surface area (Å²) >= 11 is 0. The van der Waals surface area contributed by atoms with E-state index in [4.69, 9.17) is 5.73 Å². The van der Waals surface area contributed by atoms with Gasteiger partial charge < -0.3 is 20.8 Å². The Kier molecular flexibility index (Phi) is 5.68. The van der Waals surface area contributed by atoms with Crippen LogP contribution in [-0.4, -0.2) is 90.3 Å². The van der Waals surface area contributed by atoms with Crippen molar-refractivity contribution in [2.45, 2.75) is 24.5 Å². The van der Waals surface area contributed by atoms with Gasteiger partial charge in [-0.05, 0) is 44.5 Å². The maximum absolute atomic E-state index is 13.7. The number of amides is 1. The minimum Gasteiger partial charge on any atom is -0.506 e. The highest BCUT2D eigenvalue weighted by Crippen LogP contribution is 2.52. The Morgan fingerprint density at radius 1 is 1.14 bits per heavy atom. The zero-order valence-corrected chi connectivity index (χ0v) is 19.8. The highest BCUT2D eigenvalue weighted by molar-refractivity contribution is 6.32. The van der Waals surface area contributed by atoms with Gasteiger partial charge in [0.05, 0.1) is 23.1 Å². The van der Waals surface area contributed by atoms with Gasteiger partial charge in [0.15, 0.2) is 40.9 Å². The van der Waals surface area contributed by atoms with Crippen molar-refractivity contribution in [1.82, 2.24) is 4.90 Å². The van der Waals surface area contributed by atoms with Crippen molar-refractivity contribution in [2.24, 2.45) is 29.4 Å². The lowest BCUT2D eigenvalue weighted by molar-refractivity contribution is -0.181. The maximum atomic E-state index is 13.7. The second-order valence-corrected chi connectivity index (χ2v) is 9.99. The van der Waals surface area contributed by atoms with Crippen molar-refractivity contribution in [3.63, 3.8) is 0 Å². The van der Waals surface area contributed by atoms with Crippen LogP contribution in [0.3, 0.4) is 0 Å². The smallest absolute Gasteiger partial charge is 0.235 e. The minimum absolute atomic E-state index is 0.0348. The second-order valence-electron chi connectivity index (χ2n) is 9.99. The molecule has 4 rings (SSSR count). The zero-order chi connectivity index (χ0) is 26.1. The largest absolute Gasteiger partial charge is 0.506 e. The van der Waals surface area contributed by atoms with Crippen molar-refractivity contribution < 1.29 is 39.0 Å². The highest BCUT2D eigenvalue weighted by Gasteiger charge is 2.69. The Morgan fingerprint density at radius 2 is 1.77 bits per heavy atom. The van der Waals surface area contributed by atoms with E-state index >= 15 is 0 Å². The number of anilines is 1. The molecule has 11 nitrogen and oxygen atoms in total. The molecule has 6 atom stereocenters. The van der Waals surface area contributed by atoms with Gasteiger partial charge in [0.25, 0.3) is 0 Å². The summed E-state index contributed by atoms with van der Waals surface area (Å²) in [6, 6.07) is 0.291. The summed E-state index contributed by atoms with van der Waals surface area (Å²) in [6.07, 6.45) is 0.489. The molecule has 0 bridgehead atoms. The van der Waals surface area contributed by atoms with Crippen LogP contribution < -0.4 is 10.6 Å². The van der Waals surface area contributed by atoms with Crippen LogP contribution in [0.5, 0.6) is 5.75 Å². The number of phenols is 1. The molecule has 1 aromatic rings. The Morgan fingerprint density at radius 3 is 2.29 bits per heavy atom. The number of benzene rings is 1.